The molecule has 0 aromatic heterocycles. The number of carbonyl (C=O) groups excluding carboxylic acids is 2. The Kier molecular flexibility index (Phi) is 9.82. The molecule has 1 aliphatic carbocycles. The number of hydrogen-bond acceptors (Lipinski definition) is 3. The Morgan fingerprint density at radius 3 is 2.35 bits per heavy atom. The highest BCUT2D eigenvalue weighted by molar-refractivity contribution is 6.31. The number of halogens is 1. The molecule has 2 amide bonds. The fraction of sp³-hybridized carbons (Fsp3) is 0.500. The maximum absolute atomic E-state index is 13.4. The van der Waals surface area contributed by atoms with Crippen LogP contribution in [-0.4, -0.2) is 35.4 Å². The third-order valence-corrected chi connectivity index (χ3v) is 6.91. The Labute approximate surface area is 208 Å². The zero-order valence-corrected chi connectivity index (χ0v) is 21.3. The van der Waals surface area contributed by atoms with Gasteiger partial charge in [-0.05, 0) is 54.5 Å². The molecule has 1 N–H and O–H groups in total. The number of rotatable bonds is 10. The Morgan fingerprint density at radius 2 is 1.74 bits per heavy atom. The highest BCUT2D eigenvalue weighted by Crippen LogP contribution is 2.22. The minimum atomic E-state index is -0.586. The van der Waals surface area contributed by atoms with Gasteiger partial charge in [0.1, 0.15) is 11.8 Å². The molecule has 1 atom stereocenters. The van der Waals surface area contributed by atoms with Gasteiger partial charge in [0.25, 0.3) is 5.91 Å². The van der Waals surface area contributed by atoms with Crippen molar-refractivity contribution in [1.29, 1.82) is 0 Å². The summed E-state index contributed by atoms with van der Waals surface area (Å²) >= 11 is 6.40. The molecule has 34 heavy (non-hydrogen) atoms. The molecule has 0 heterocycles. The van der Waals surface area contributed by atoms with Gasteiger partial charge in [0, 0.05) is 17.6 Å². The Bertz CT molecular complexity index is 939. The molecule has 5 nitrogen and oxygen atoms in total. The topological polar surface area (TPSA) is 58.6 Å². The van der Waals surface area contributed by atoms with Crippen molar-refractivity contribution in [2.24, 2.45) is 0 Å². The predicted octanol–water partition coefficient (Wildman–Crippen LogP) is 6.10. The lowest BCUT2D eigenvalue weighted by molar-refractivity contribution is -0.143. The van der Waals surface area contributed by atoms with Crippen LogP contribution in [0.15, 0.2) is 48.5 Å². The van der Waals surface area contributed by atoms with Gasteiger partial charge in [0.05, 0.1) is 0 Å². The molecule has 184 valence electrons. The summed E-state index contributed by atoms with van der Waals surface area (Å²) in [5.74, 6) is 0.722. The van der Waals surface area contributed by atoms with Gasteiger partial charge >= 0.3 is 0 Å². The van der Waals surface area contributed by atoms with E-state index in [9.17, 15) is 9.59 Å². The average molecular weight is 485 g/mol. The second-order valence-electron chi connectivity index (χ2n) is 9.39. The lowest BCUT2D eigenvalue weighted by Gasteiger charge is -2.33. The van der Waals surface area contributed by atoms with Crippen LogP contribution in [-0.2, 0) is 16.1 Å². The van der Waals surface area contributed by atoms with Crippen molar-refractivity contribution in [2.75, 3.05) is 6.61 Å². The van der Waals surface area contributed by atoms with Crippen molar-refractivity contribution in [3.05, 3.63) is 64.7 Å². The minimum Gasteiger partial charge on any atom is -0.484 e. The first-order chi connectivity index (χ1) is 16.4. The summed E-state index contributed by atoms with van der Waals surface area (Å²) in [6.07, 6.45) is 5.99. The van der Waals surface area contributed by atoms with Gasteiger partial charge in [-0.15, -0.1) is 0 Å². The molecular formula is C28H37ClN2O3. The van der Waals surface area contributed by atoms with Crippen LogP contribution in [0.25, 0.3) is 0 Å². The highest BCUT2D eigenvalue weighted by atomic mass is 35.5. The van der Waals surface area contributed by atoms with Gasteiger partial charge in [-0.1, -0.05) is 82.0 Å². The minimum absolute atomic E-state index is 0.101. The molecule has 1 fully saturated rings. The van der Waals surface area contributed by atoms with E-state index in [0.717, 1.165) is 31.2 Å². The molecule has 0 unspecified atom stereocenters. The molecule has 1 aliphatic rings. The van der Waals surface area contributed by atoms with Gasteiger partial charge in [0.2, 0.25) is 5.91 Å². The van der Waals surface area contributed by atoms with Crippen molar-refractivity contribution in [3.63, 3.8) is 0 Å². The molecule has 0 bridgehead atoms. The summed E-state index contributed by atoms with van der Waals surface area (Å²) in [6.45, 7) is 6.32. The SMILES string of the molecule is CC[C@@H](C(=O)NC1CCCCC1)N(Cc1ccccc1Cl)C(=O)COc1ccc(C(C)C)cc1. The first-order valence-electron chi connectivity index (χ1n) is 12.4. The average Bonchev–Trinajstić information content (AvgIpc) is 2.84. The predicted molar refractivity (Wildman–Crippen MR) is 137 cm³/mol. The monoisotopic (exact) mass is 484 g/mol. The molecule has 2 aromatic carbocycles. The van der Waals surface area contributed by atoms with E-state index in [1.807, 2.05) is 49.4 Å². The molecular weight excluding hydrogens is 448 g/mol. The van der Waals surface area contributed by atoms with E-state index in [0.29, 0.717) is 23.1 Å². The van der Waals surface area contributed by atoms with E-state index in [1.165, 1.54) is 12.0 Å². The fourth-order valence-corrected chi connectivity index (χ4v) is 4.65. The lowest BCUT2D eigenvalue weighted by atomic mass is 9.95. The fourth-order valence-electron chi connectivity index (χ4n) is 4.45. The van der Waals surface area contributed by atoms with E-state index < -0.39 is 6.04 Å². The van der Waals surface area contributed by atoms with Gasteiger partial charge in [-0.2, -0.15) is 0 Å². The molecule has 2 aromatic rings. The molecule has 3 rings (SSSR count). The van der Waals surface area contributed by atoms with Crippen LogP contribution in [0.5, 0.6) is 5.75 Å². The van der Waals surface area contributed by atoms with E-state index in [4.69, 9.17) is 16.3 Å². The summed E-state index contributed by atoms with van der Waals surface area (Å²) in [5, 5.41) is 3.77. The van der Waals surface area contributed by atoms with Crippen LogP contribution >= 0.6 is 11.6 Å². The number of hydrogen-bond donors (Lipinski definition) is 1. The first kappa shape index (κ1) is 26.1. The van der Waals surface area contributed by atoms with E-state index in [1.54, 1.807) is 11.0 Å². The third-order valence-electron chi connectivity index (χ3n) is 6.55. The summed E-state index contributed by atoms with van der Waals surface area (Å²) in [5.41, 5.74) is 2.02. The summed E-state index contributed by atoms with van der Waals surface area (Å²) in [7, 11) is 0. The number of nitrogens with one attached hydrogen (secondary N) is 1. The van der Waals surface area contributed by atoms with Crippen molar-refractivity contribution < 1.29 is 14.3 Å². The number of amides is 2. The van der Waals surface area contributed by atoms with Crippen LogP contribution in [0, 0.1) is 0 Å². The van der Waals surface area contributed by atoms with Crippen molar-refractivity contribution in [1.82, 2.24) is 10.2 Å². The quantitative estimate of drug-likeness (QED) is 0.443. The molecule has 1 saturated carbocycles. The molecule has 0 aliphatic heterocycles. The zero-order valence-electron chi connectivity index (χ0n) is 20.6. The van der Waals surface area contributed by atoms with Crippen molar-refractivity contribution in [3.8, 4) is 5.75 Å². The van der Waals surface area contributed by atoms with Crippen molar-refractivity contribution in [2.45, 2.75) is 83.8 Å². The maximum atomic E-state index is 13.4. The standard InChI is InChI=1S/C28H37ClN2O3/c1-4-26(28(33)30-23-11-6-5-7-12-23)31(18-22-10-8-9-13-25(22)29)27(32)19-34-24-16-14-21(15-17-24)20(2)3/h8-10,13-17,20,23,26H,4-7,11-12,18-19H2,1-3H3,(H,30,33)/t26-/m0/s1. The second-order valence-corrected chi connectivity index (χ2v) is 9.80. The van der Waals surface area contributed by atoms with E-state index >= 15 is 0 Å². The second kappa shape index (κ2) is 12.8. The molecule has 0 spiro atoms. The van der Waals surface area contributed by atoms with Crippen molar-refractivity contribution >= 4 is 23.4 Å². The number of carbonyl (C=O) groups is 2. The van der Waals surface area contributed by atoms with Gasteiger partial charge < -0.3 is 15.0 Å². The third kappa shape index (κ3) is 7.23. The van der Waals surface area contributed by atoms with Crippen LogP contribution in [0.4, 0.5) is 0 Å². The Balaban J connectivity index is 1.74. The number of benzene rings is 2. The van der Waals surface area contributed by atoms with Crippen LogP contribution in [0.2, 0.25) is 5.02 Å². The van der Waals surface area contributed by atoms with Crippen LogP contribution in [0.3, 0.4) is 0 Å². The summed E-state index contributed by atoms with van der Waals surface area (Å²) < 4.78 is 5.82. The largest absolute Gasteiger partial charge is 0.484 e. The summed E-state index contributed by atoms with van der Waals surface area (Å²) in [6, 6.07) is 14.8. The molecule has 0 saturated heterocycles. The smallest absolute Gasteiger partial charge is 0.261 e. The number of nitrogens with zero attached hydrogens (tertiary/aromatic N) is 1. The molecule has 0 radical (unpaired) electrons. The zero-order chi connectivity index (χ0) is 24.5. The van der Waals surface area contributed by atoms with E-state index in [-0.39, 0.29) is 31.0 Å². The highest BCUT2D eigenvalue weighted by Gasteiger charge is 2.31. The molecule has 6 heteroatoms. The maximum Gasteiger partial charge on any atom is 0.261 e. The Morgan fingerprint density at radius 1 is 1.06 bits per heavy atom. The summed E-state index contributed by atoms with van der Waals surface area (Å²) in [4.78, 5) is 28.3. The normalized spacial score (nSPS) is 15.1. The van der Waals surface area contributed by atoms with E-state index in [2.05, 4.69) is 19.2 Å². The van der Waals surface area contributed by atoms with Gasteiger partial charge in [-0.3, -0.25) is 9.59 Å². The van der Waals surface area contributed by atoms with Gasteiger partial charge in [-0.25, -0.2) is 0 Å². The lowest BCUT2D eigenvalue weighted by Crippen LogP contribution is -2.52. The van der Waals surface area contributed by atoms with Crippen LogP contribution < -0.4 is 10.1 Å². The van der Waals surface area contributed by atoms with Crippen LogP contribution in [0.1, 0.15) is 76.3 Å². The Hall–Kier alpha value is -2.53. The van der Waals surface area contributed by atoms with Gasteiger partial charge in [0.15, 0.2) is 6.61 Å². The first-order valence-corrected chi connectivity index (χ1v) is 12.8. The number of ether oxygens (including phenoxy) is 1.